The molecule has 1 nitrogen and oxygen atoms in total. The molecule has 3 unspecified atom stereocenters. The van der Waals surface area contributed by atoms with E-state index >= 15 is 0 Å². The first-order chi connectivity index (χ1) is 8.82. The van der Waals surface area contributed by atoms with Crippen molar-refractivity contribution in [2.75, 3.05) is 0 Å². The van der Waals surface area contributed by atoms with Gasteiger partial charge in [-0.2, -0.15) is 0 Å². The molecule has 1 aliphatic carbocycles. The topological polar surface area (TPSA) is 26.0 Å². The van der Waals surface area contributed by atoms with Crippen molar-refractivity contribution < 1.29 is 4.39 Å². The lowest BCUT2D eigenvalue weighted by Crippen LogP contribution is -2.45. The number of hydrogen-bond acceptors (Lipinski definition) is 1. The molecule has 0 amide bonds. The third-order valence-corrected chi connectivity index (χ3v) is 5.04. The molecule has 3 atom stereocenters. The van der Waals surface area contributed by atoms with Gasteiger partial charge in [-0.3, -0.25) is 0 Å². The van der Waals surface area contributed by atoms with E-state index in [1.54, 1.807) is 12.1 Å². The van der Waals surface area contributed by atoms with Crippen LogP contribution < -0.4 is 5.73 Å². The van der Waals surface area contributed by atoms with Gasteiger partial charge in [0.25, 0.3) is 0 Å². The molecule has 106 valence electrons. The van der Waals surface area contributed by atoms with E-state index in [-0.39, 0.29) is 17.3 Å². The Hall–Kier alpha value is -0.600. The minimum Gasteiger partial charge on any atom is -0.327 e. The van der Waals surface area contributed by atoms with E-state index in [2.05, 4.69) is 20.8 Å². The molecule has 0 radical (unpaired) electrons. The Balaban J connectivity index is 2.33. The molecule has 1 fully saturated rings. The minimum atomic E-state index is -0.231. The second-order valence-electron chi connectivity index (χ2n) is 6.53. The Morgan fingerprint density at radius 1 is 1.32 bits per heavy atom. The minimum absolute atomic E-state index is 0.165. The van der Waals surface area contributed by atoms with Crippen molar-refractivity contribution in [3.05, 3.63) is 34.6 Å². The fourth-order valence-corrected chi connectivity index (χ4v) is 3.87. The average molecular weight is 284 g/mol. The Morgan fingerprint density at radius 3 is 2.63 bits per heavy atom. The summed E-state index contributed by atoms with van der Waals surface area (Å²) < 4.78 is 13.5. The highest BCUT2D eigenvalue weighted by atomic mass is 35.5. The molecule has 0 saturated heterocycles. The van der Waals surface area contributed by atoms with Crippen LogP contribution in [0.15, 0.2) is 18.2 Å². The second-order valence-corrected chi connectivity index (χ2v) is 6.94. The van der Waals surface area contributed by atoms with Gasteiger partial charge in [0.1, 0.15) is 5.82 Å². The highest BCUT2D eigenvalue weighted by Crippen LogP contribution is 2.43. The Bertz CT molecular complexity index is 458. The normalized spacial score (nSPS) is 28.4. The predicted molar refractivity (Wildman–Crippen MR) is 78.9 cm³/mol. The largest absolute Gasteiger partial charge is 0.327 e. The van der Waals surface area contributed by atoms with Crippen LogP contribution in [0.3, 0.4) is 0 Å². The van der Waals surface area contributed by atoms with Gasteiger partial charge in [-0.25, -0.2) is 4.39 Å². The van der Waals surface area contributed by atoms with Gasteiger partial charge in [0.05, 0.1) is 0 Å². The summed E-state index contributed by atoms with van der Waals surface area (Å²) in [5.74, 6) is 0.804. The third-order valence-electron chi connectivity index (χ3n) is 4.71. The number of nitrogens with two attached hydrogens (primary N) is 1. The standard InChI is InChI=1S/C16H23ClFN/c1-10-4-6-12(15(19)8-10)16(2,3)13-9-11(18)5-7-14(13)17/h5,7,9-10,12,15H,4,6,8,19H2,1-3H3. The molecular weight excluding hydrogens is 261 g/mol. The molecule has 0 heterocycles. The zero-order valence-electron chi connectivity index (χ0n) is 11.9. The van der Waals surface area contributed by atoms with E-state index in [1.165, 1.54) is 12.5 Å². The molecular formula is C16H23ClFN. The van der Waals surface area contributed by atoms with Gasteiger partial charge in [-0.05, 0) is 53.9 Å². The summed E-state index contributed by atoms with van der Waals surface area (Å²) in [6.07, 6.45) is 3.32. The van der Waals surface area contributed by atoms with Crippen LogP contribution in [0, 0.1) is 17.7 Å². The van der Waals surface area contributed by atoms with Crippen molar-refractivity contribution in [2.24, 2.45) is 17.6 Å². The summed E-state index contributed by atoms with van der Waals surface area (Å²) in [4.78, 5) is 0. The first-order valence-corrected chi connectivity index (χ1v) is 7.41. The lowest BCUT2D eigenvalue weighted by Gasteiger charge is -2.43. The van der Waals surface area contributed by atoms with Crippen LogP contribution in [0.5, 0.6) is 0 Å². The van der Waals surface area contributed by atoms with Gasteiger partial charge >= 0.3 is 0 Å². The maximum atomic E-state index is 13.5. The summed E-state index contributed by atoms with van der Waals surface area (Å²) in [5, 5.41) is 0.636. The van der Waals surface area contributed by atoms with Crippen LogP contribution in [0.2, 0.25) is 5.02 Å². The third kappa shape index (κ3) is 2.95. The lowest BCUT2D eigenvalue weighted by molar-refractivity contribution is 0.171. The highest BCUT2D eigenvalue weighted by molar-refractivity contribution is 6.31. The van der Waals surface area contributed by atoms with Gasteiger partial charge in [0.2, 0.25) is 0 Å². The fraction of sp³-hybridized carbons (Fsp3) is 0.625. The number of halogens is 2. The molecule has 2 N–H and O–H groups in total. The van der Waals surface area contributed by atoms with E-state index in [4.69, 9.17) is 17.3 Å². The van der Waals surface area contributed by atoms with Gasteiger partial charge in [-0.1, -0.05) is 38.8 Å². The van der Waals surface area contributed by atoms with Crippen molar-refractivity contribution in [2.45, 2.75) is 51.5 Å². The molecule has 0 spiro atoms. The predicted octanol–water partition coefficient (Wildman–Crippen LogP) is 4.52. The van der Waals surface area contributed by atoms with E-state index in [0.717, 1.165) is 18.4 Å². The molecule has 0 aromatic heterocycles. The fourth-order valence-electron chi connectivity index (χ4n) is 3.51. The Labute approximate surface area is 120 Å². The van der Waals surface area contributed by atoms with Crippen LogP contribution in [0.4, 0.5) is 4.39 Å². The van der Waals surface area contributed by atoms with Crippen LogP contribution in [0.1, 0.15) is 45.6 Å². The zero-order chi connectivity index (χ0) is 14.2. The Kier molecular flexibility index (Phi) is 4.22. The van der Waals surface area contributed by atoms with Gasteiger partial charge in [-0.15, -0.1) is 0 Å². The van der Waals surface area contributed by atoms with E-state index < -0.39 is 0 Å². The molecule has 0 bridgehead atoms. The van der Waals surface area contributed by atoms with Crippen LogP contribution in [0.25, 0.3) is 0 Å². The summed E-state index contributed by atoms with van der Waals surface area (Å²) in [5.41, 5.74) is 7.03. The van der Waals surface area contributed by atoms with E-state index in [1.807, 2.05) is 0 Å². The van der Waals surface area contributed by atoms with E-state index in [9.17, 15) is 4.39 Å². The molecule has 19 heavy (non-hydrogen) atoms. The molecule has 3 heteroatoms. The molecule has 1 aromatic carbocycles. The molecule has 2 rings (SSSR count). The number of rotatable bonds is 2. The quantitative estimate of drug-likeness (QED) is 0.848. The smallest absolute Gasteiger partial charge is 0.123 e. The second kappa shape index (κ2) is 5.41. The molecule has 0 aliphatic heterocycles. The van der Waals surface area contributed by atoms with E-state index in [0.29, 0.717) is 16.9 Å². The summed E-state index contributed by atoms with van der Waals surface area (Å²) in [6.45, 7) is 6.51. The molecule has 1 aromatic rings. The average Bonchev–Trinajstić information content (AvgIpc) is 2.31. The summed E-state index contributed by atoms with van der Waals surface area (Å²) in [7, 11) is 0. The van der Waals surface area contributed by atoms with Gasteiger partial charge in [0, 0.05) is 11.1 Å². The lowest BCUT2D eigenvalue weighted by atomic mass is 9.64. The maximum absolute atomic E-state index is 13.5. The van der Waals surface area contributed by atoms with Gasteiger partial charge < -0.3 is 5.73 Å². The number of hydrogen-bond donors (Lipinski definition) is 1. The summed E-state index contributed by atoms with van der Waals surface area (Å²) in [6, 6.07) is 4.78. The van der Waals surface area contributed by atoms with Crippen LogP contribution in [-0.4, -0.2) is 6.04 Å². The van der Waals surface area contributed by atoms with Crippen LogP contribution in [-0.2, 0) is 5.41 Å². The first-order valence-electron chi connectivity index (χ1n) is 7.03. The first kappa shape index (κ1) is 14.8. The monoisotopic (exact) mass is 283 g/mol. The maximum Gasteiger partial charge on any atom is 0.123 e. The van der Waals surface area contributed by atoms with Crippen molar-refractivity contribution in [1.82, 2.24) is 0 Å². The SMILES string of the molecule is CC1CCC(C(C)(C)c2cc(F)ccc2Cl)C(N)C1. The Morgan fingerprint density at radius 2 is 2.00 bits per heavy atom. The highest BCUT2D eigenvalue weighted by Gasteiger charge is 2.39. The van der Waals surface area contributed by atoms with Crippen molar-refractivity contribution in [1.29, 1.82) is 0 Å². The molecule has 1 aliphatic rings. The molecule has 1 saturated carbocycles. The zero-order valence-corrected chi connectivity index (χ0v) is 12.7. The summed E-state index contributed by atoms with van der Waals surface area (Å²) >= 11 is 6.27. The van der Waals surface area contributed by atoms with Gasteiger partial charge in [0.15, 0.2) is 0 Å². The van der Waals surface area contributed by atoms with Crippen molar-refractivity contribution in [3.63, 3.8) is 0 Å². The van der Waals surface area contributed by atoms with Crippen molar-refractivity contribution in [3.8, 4) is 0 Å². The van der Waals surface area contributed by atoms with Crippen LogP contribution >= 0.6 is 11.6 Å². The number of benzene rings is 1. The van der Waals surface area contributed by atoms with Crippen molar-refractivity contribution >= 4 is 11.6 Å².